The van der Waals surface area contributed by atoms with Gasteiger partial charge in [0.2, 0.25) is 5.91 Å². The van der Waals surface area contributed by atoms with Gasteiger partial charge in [0.1, 0.15) is 0 Å². The van der Waals surface area contributed by atoms with Crippen LogP contribution in [-0.2, 0) is 21.1 Å². The van der Waals surface area contributed by atoms with Gasteiger partial charge >= 0.3 is 0 Å². The minimum Gasteiger partial charge on any atom is -0.399 e. The van der Waals surface area contributed by atoms with E-state index in [9.17, 15) is 13.2 Å². The molecule has 0 aliphatic carbocycles. The second-order valence-electron chi connectivity index (χ2n) is 5.25. The Bertz CT molecular complexity index is 598. The number of anilines is 1. The van der Waals surface area contributed by atoms with Crippen LogP contribution in [0.25, 0.3) is 0 Å². The molecule has 1 aliphatic heterocycles. The lowest BCUT2D eigenvalue weighted by Gasteiger charge is -2.33. The molecule has 1 fully saturated rings. The summed E-state index contributed by atoms with van der Waals surface area (Å²) in [5.74, 6) is 0.124. The predicted octanol–water partition coefficient (Wildman–Crippen LogP) is 0.847. The molecule has 1 aromatic rings. The zero-order valence-corrected chi connectivity index (χ0v) is 12.4. The van der Waals surface area contributed by atoms with Crippen LogP contribution in [0.5, 0.6) is 0 Å². The summed E-state index contributed by atoms with van der Waals surface area (Å²) in [7, 11) is -2.99. The van der Waals surface area contributed by atoms with Crippen molar-refractivity contribution in [2.45, 2.75) is 25.8 Å². The summed E-state index contributed by atoms with van der Waals surface area (Å²) in [5.41, 5.74) is 7.49. The Kier molecular flexibility index (Phi) is 4.32. The van der Waals surface area contributed by atoms with Gasteiger partial charge in [-0.1, -0.05) is 18.2 Å². The highest BCUT2D eigenvalue weighted by molar-refractivity contribution is 7.91. The number of hydrogen-bond acceptors (Lipinski definition) is 4. The number of carbonyl (C=O) groups is 1. The van der Waals surface area contributed by atoms with Crippen LogP contribution < -0.4 is 5.73 Å². The van der Waals surface area contributed by atoms with Crippen molar-refractivity contribution >= 4 is 21.4 Å². The van der Waals surface area contributed by atoms with E-state index in [1.54, 1.807) is 11.8 Å². The Labute approximate surface area is 119 Å². The van der Waals surface area contributed by atoms with Gasteiger partial charge in [-0.15, -0.1) is 0 Å². The first kappa shape index (κ1) is 14.8. The molecule has 1 heterocycles. The average molecular weight is 296 g/mol. The molecule has 1 aliphatic rings. The fraction of sp³-hybridized carbons (Fsp3) is 0.500. The number of nitrogens with zero attached hydrogens (tertiary/aromatic N) is 1. The molecule has 110 valence electrons. The molecule has 0 radical (unpaired) electrons. The predicted molar refractivity (Wildman–Crippen MR) is 79.0 cm³/mol. The molecule has 6 heteroatoms. The molecule has 2 rings (SSSR count). The summed E-state index contributed by atoms with van der Waals surface area (Å²) in [5, 5.41) is 0. The maximum absolute atomic E-state index is 12.2. The van der Waals surface area contributed by atoms with Gasteiger partial charge in [-0.2, -0.15) is 0 Å². The fourth-order valence-corrected chi connectivity index (χ4v) is 4.07. The van der Waals surface area contributed by atoms with Crippen LogP contribution in [-0.4, -0.2) is 43.3 Å². The summed E-state index contributed by atoms with van der Waals surface area (Å²) in [6.45, 7) is 2.08. The minimum atomic E-state index is -2.99. The summed E-state index contributed by atoms with van der Waals surface area (Å²) in [4.78, 5) is 13.9. The topological polar surface area (TPSA) is 80.5 Å². The highest BCUT2D eigenvalue weighted by Gasteiger charge is 2.30. The normalized spacial score (nSPS) is 21.6. The van der Waals surface area contributed by atoms with Crippen molar-refractivity contribution in [2.75, 3.05) is 23.8 Å². The summed E-state index contributed by atoms with van der Waals surface area (Å²) in [6, 6.07) is 7.24. The van der Waals surface area contributed by atoms with Crippen LogP contribution >= 0.6 is 0 Å². The van der Waals surface area contributed by atoms with E-state index < -0.39 is 9.84 Å². The summed E-state index contributed by atoms with van der Waals surface area (Å²) in [6.07, 6.45) is 0.945. The first-order valence-electron chi connectivity index (χ1n) is 6.72. The Morgan fingerprint density at radius 2 is 2.10 bits per heavy atom. The van der Waals surface area contributed by atoms with Gasteiger partial charge in [0.05, 0.1) is 11.5 Å². The van der Waals surface area contributed by atoms with Crippen LogP contribution in [0.3, 0.4) is 0 Å². The van der Waals surface area contributed by atoms with E-state index in [0.717, 1.165) is 5.56 Å². The molecule has 0 bridgehead atoms. The monoisotopic (exact) mass is 296 g/mol. The van der Waals surface area contributed by atoms with Crippen LogP contribution in [0, 0.1) is 0 Å². The van der Waals surface area contributed by atoms with E-state index in [0.29, 0.717) is 25.1 Å². The standard InChI is InChI=1S/C14H20N2O3S/c1-11-10-20(18,19)9-8-16(11)14(17)7-6-12-4-2-3-5-13(12)15/h2-5,11H,6-10,15H2,1H3. The van der Waals surface area contributed by atoms with Crippen LogP contribution in [0.4, 0.5) is 5.69 Å². The van der Waals surface area contributed by atoms with E-state index in [-0.39, 0.29) is 23.5 Å². The number of nitrogens with two attached hydrogens (primary N) is 1. The maximum atomic E-state index is 12.2. The SMILES string of the molecule is CC1CS(=O)(=O)CCN1C(=O)CCc1ccccc1N. The maximum Gasteiger partial charge on any atom is 0.223 e. The Morgan fingerprint density at radius 1 is 1.40 bits per heavy atom. The second kappa shape index (κ2) is 5.83. The molecule has 1 unspecified atom stereocenters. The number of sulfone groups is 1. The molecule has 0 spiro atoms. The third-order valence-electron chi connectivity index (χ3n) is 3.65. The van der Waals surface area contributed by atoms with Crippen molar-refractivity contribution in [1.29, 1.82) is 0 Å². The molecule has 1 amide bonds. The van der Waals surface area contributed by atoms with Crippen molar-refractivity contribution in [3.8, 4) is 0 Å². The van der Waals surface area contributed by atoms with Crippen molar-refractivity contribution in [2.24, 2.45) is 0 Å². The third kappa shape index (κ3) is 3.50. The van der Waals surface area contributed by atoms with Gasteiger partial charge in [0.25, 0.3) is 0 Å². The van der Waals surface area contributed by atoms with Crippen LogP contribution in [0.2, 0.25) is 0 Å². The van der Waals surface area contributed by atoms with E-state index >= 15 is 0 Å². The lowest BCUT2D eigenvalue weighted by atomic mass is 10.1. The average Bonchev–Trinajstić information content (AvgIpc) is 2.36. The van der Waals surface area contributed by atoms with E-state index in [1.807, 2.05) is 24.3 Å². The van der Waals surface area contributed by atoms with Gasteiger partial charge in [-0.3, -0.25) is 4.79 Å². The number of aryl methyl sites for hydroxylation is 1. The Balaban J connectivity index is 1.94. The van der Waals surface area contributed by atoms with Gasteiger partial charge < -0.3 is 10.6 Å². The number of carbonyl (C=O) groups excluding carboxylic acids is 1. The van der Waals surface area contributed by atoms with Crippen molar-refractivity contribution in [1.82, 2.24) is 4.90 Å². The van der Waals surface area contributed by atoms with Gasteiger partial charge in [0, 0.05) is 24.7 Å². The highest BCUT2D eigenvalue weighted by atomic mass is 32.2. The molecule has 1 aromatic carbocycles. The van der Waals surface area contributed by atoms with Crippen molar-refractivity contribution in [3.05, 3.63) is 29.8 Å². The van der Waals surface area contributed by atoms with Crippen molar-refractivity contribution in [3.63, 3.8) is 0 Å². The van der Waals surface area contributed by atoms with E-state index in [1.165, 1.54) is 0 Å². The first-order valence-corrected chi connectivity index (χ1v) is 8.54. The molecule has 2 N–H and O–H groups in total. The number of amides is 1. The molecular weight excluding hydrogens is 276 g/mol. The van der Waals surface area contributed by atoms with Crippen LogP contribution in [0.1, 0.15) is 18.9 Å². The molecule has 1 atom stereocenters. The van der Waals surface area contributed by atoms with Gasteiger partial charge in [-0.25, -0.2) is 8.42 Å². The van der Waals surface area contributed by atoms with Gasteiger partial charge in [-0.05, 0) is 25.0 Å². The fourth-order valence-electron chi connectivity index (χ4n) is 2.52. The molecule has 0 aromatic heterocycles. The largest absolute Gasteiger partial charge is 0.399 e. The van der Waals surface area contributed by atoms with E-state index in [2.05, 4.69) is 0 Å². The highest BCUT2D eigenvalue weighted by Crippen LogP contribution is 2.16. The molecule has 5 nitrogen and oxygen atoms in total. The summed E-state index contributed by atoms with van der Waals surface area (Å²) >= 11 is 0. The number of rotatable bonds is 3. The first-order chi connectivity index (χ1) is 9.39. The second-order valence-corrected chi connectivity index (χ2v) is 7.48. The zero-order chi connectivity index (χ0) is 14.8. The molecular formula is C14H20N2O3S. The number of nitrogen functional groups attached to an aromatic ring is 1. The minimum absolute atomic E-state index is 0.00402. The molecule has 1 saturated heterocycles. The Hall–Kier alpha value is -1.56. The smallest absolute Gasteiger partial charge is 0.223 e. The quantitative estimate of drug-likeness (QED) is 0.838. The zero-order valence-electron chi connectivity index (χ0n) is 11.6. The number of hydrogen-bond donors (Lipinski definition) is 1. The lowest BCUT2D eigenvalue weighted by molar-refractivity contribution is -0.132. The van der Waals surface area contributed by atoms with E-state index in [4.69, 9.17) is 5.73 Å². The van der Waals surface area contributed by atoms with Gasteiger partial charge in [0.15, 0.2) is 9.84 Å². The van der Waals surface area contributed by atoms with Crippen LogP contribution in [0.15, 0.2) is 24.3 Å². The van der Waals surface area contributed by atoms with Crippen molar-refractivity contribution < 1.29 is 13.2 Å². The number of para-hydroxylation sites is 1. The lowest BCUT2D eigenvalue weighted by Crippen LogP contribution is -2.49. The summed E-state index contributed by atoms with van der Waals surface area (Å²) < 4.78 is 23.0. The Morgan fingerprint density at radius 3 is 2.75 bits per heavy atom. The third-order valence-corrected chi connectivity index (χ3v) is 5.45. The molecule has 20 heavy (non-hydrogen) atoms. The molecule has 0 saturated carbocycles. The number of benzene rings is 1.